The van der Waals surface area contributed by atoms with E-state index >= 15 is 0 Å². The van der Waals surface area contributed by atoms with Gasteiger partial charge in [0, 0.05) is 5.69 Å². The predicted octanol–water partition coefficient (Wildman–Crippen LogP) is 3.49. The lowest BCUT2D eigenvalue weighted by molar-refractivity contribution is 0.0613. The fourth-order valence-electron chi connectivity index (χ4n) is 2.13. The van der Waals surface area contributed by atoms with Gasteiger partial charge in [-0.25, -0.2) is 0 Å². The van der Waals surface area contributed by atoms with E-state index in [0.717, 1.165) is 5.01 Å². The maximum Gasteiger partial charge on any atom is 0.280 e. The molecule has 0 radical (unpaired) electrons. The van der Waals surface area contributed by atoms with Gasteiger partial charge >= 0.3 is 0 Å². The molecule has 0 fully saturated rings. The van der Waals surface area contributed by atoms with Crippen molar-refractivity contribution in [2.75, 3.05) is 5.32 Å². The first-order valence-corrected chi connectivity index (χ1v) is 7.64. The second-order valence-electron chi connectivity index (χ2n) is 4.69. The molecule has 8 heteroatoms. The van der Waals surface area contributed by atoms with E-state index in [-0.39, 0.29) is 5.11 Å². The van der Waals surface area contributed by atoms with E-state index in [1.165, 1.54) is 0 Å². The monoisotopic (exact) mass is 365 g/mol. The van der Waals surface area contributed by atoms with Gasteiger partial charge in [0.25, 0.3) is 11.8 Å². The van der Waals surface area contributed by atoms with E-state index in [0.29, 0.717) is 26.9 Å². The van der Waals surface area contributed by atoms with Gasteiger partial charge in [-0.1, -0.05) is 35.3 Å². The molecule has 2 amide bonds. The Balaban J connectivity index is 1.73. The van der Waals surface area contributed by atoms with Gasteiger partial charge in [0.1, 0.15) is 0 Å². The summed E-state index contributed by atoms with van der Waals surface area (Å²) in [5, 5.41) is 4.56. The Morgan fingerprint density at radius 1 is 0.957 bits per heavy atom. The van der Waals surface area contributed by atoms with Crippen molar-refractivity contribution in [2.24, 2.45) is 0 Å². The standard InChI is InChI=1S/C15H9Cl2N3O2S/c16-11-6-5-8(7-12(11)17)18-15(23)19-20-13(21)9-3-1-2-4-10(9)14(20)22/h1-7H,(H2,18,19,23). The molecular formula is C15H9Cl2N3O2S. The van der Waals surface area contributed by atoms with E-state index in [1.807, 2.05) is 0 Å². The van der Waals surface area contributed by atoms with Crippen molar-refractivity contribution in [1.29, 1.82) is 0 Å². The number of imide groups is 1. The van der Waals surface area contributed by atoms with Gasteiger partial charge in [-0.2, -0.15) is 5.01 Å². The zero-order valence-electron chi connectivity index (χ0n) is 11.5. The third-order valence-corrected chi connectivity index (χ3v) is 4.12. The third-order valence-electron chi connectivity index (χ3n) is 3.18. The minimum atomic E-state index is -0.455. The van der Waals surface area contributed by atoms with Gasteiger partial charge in [-0.3, -0.25) is 15.0 Å². The number of benzene rings is 2. The van der Waals surface area contributed by atoms with Crippen LogP contribution in [0, 0.1) is 0 Å². The maximum absolute atomic E-state index is 12.2. The lowest BCUT2D eigenvalue weighted by Crippen LogP contribution is -2.47. The van der Waals surface area contributed by atoms with Crippen LogP contribution in [0.2, 0.25) is 10.0 Å². The predicted molar refractivity (Wildman–Crippen MR) is 92.8 cm³/mol. The molecule has 0 spiro atoms. The Morgan fingerprint density at radius 2 is 1.57 bits per heavy atom. The molecule has 0 bridgehead atoms. The van der Waals surface area contributed by atoms with Gasteiger partial charge < -0.3 is 5.32 Å². The van der Waals surface area contributed by atoms with Crippen LogP contribution in [0.1, 0.15) is 20.7 Å². The average molecular weight is 366 g/mol. The summed E-state index contributed by atoms with van der Waals surface area (Å²) in [6, 6.07) is 11.4. The number of fused-ring (bicyclic) bond motifs is 1. The molecule has 2 N–H and O–H groups in total. The third kappa shape index (κ3) is 3.01. The van der Waals surface area contributed by atoms with Crippen LogP contribution < -0.4 is 10.7 Å². The normalized spacial score (nSPS) is 13.0. The highest BCUT2D eigenvalue weighted by Gasteiger charge is 2.35. The largest absolute Gasteiger partial charge is 0.331 e. The molecule has 0 atom stereocenters. The lowest BCUT2D eigenvalue weighted by Gasteiger charge is -2.18. The molecule has 0 aromatic heterocycles. The van der Waals surface area contributed by atoms with Crippen molar-refractivity contribution >= 4 is 58.0 Å². The van der Waals surface area contributed by atoms with Gasteiger partial charge in [0.15, 0.2) is 5.11 Å². The first-order chi connectivity index (χ1) is 11.0. The van der Waals surface area contributed by atoms with Crippen LogP contribution in [0.4, 0.5) is 5.69 Å². The number of rotatable bonds is 2. The summed E-state index contributed by atoms with van der Waals surface area (Å²) in [4.78, 5) is 24.4. The van der Waals surface area contributed by atoms with E-state index in [1.54, 1.807) is 42.5 Å². The van der Waals surface area contributed by atoms with Crippen molar-refractivity contribution in [3.05, 3.63) is 63.6 Å². The maximum atomic E-state index is 12.2. The summed E-state index contributed by atoms with van der Waals surface area (Å²) < 4.78 is 0. The molecule has 1 aliphatic heterocycles. The van der Waals surface area contributed by atoms with Gasteiger partial charge in [0.2, 0.25) is 0 Å². The van der Waals surface area contributed by atoms with Crippen molar-refractivity contribution < 1.29 is 9.59 Å². The van der Waals surface area contributed by atoms with Crippen molar-refractivity contribution in [3.8, 4) is 0 Å². The number of carbonyl (C=O) groups excluding carboxylic acids is 2. The number of nitrogens with one attached hydrogen (secondary N) is 2. The molecule has 0 aliphatic carbocycles. The van der Waals surface area contributed by atoms with Crippen molar-refractivity contribution in [2.45, 2.75) is 0 Å². The Hall–Kier alpha value is -2.15. The Kier molecular flexibility index (Phi) is 4.21. The van der Waals surface area contributed by atoms with E-state index < -0.39 is 11.8 Å². The summed E-state index contributed by atoms with van der Waals surface area (Å²) in [7, 11) is 0. The Bertz CT molecular complexity index is 806. The highest BCUT2D eigenvalue weighted by molar-refractivity contribution is 7.80. The highest BCUT2D eigenvalue weighted by Crippen LogP contribution is 2.25. The number of hydrogen-bond donors (Lipinski definition) is 2. The van der Waals surface area contributed by atoms with Crippen LogP contribution in [0.3, 0.4) is 0 Å². The molecule has 0 saturated carbocycles. The van der Waals surface area contributed by atoms with E-state index in [2.05, 4.69) is 10.7 Å². The summed E-state index contributed by atoms with van der Waals surface area (Å²) in [6.07, 6.45) is 0. The number of hydrazine groups is 1. The van der Waals surface area contributed by atoms with E-state index in [4.69, 9.17) is 35.4 Å². The Morgan fingerprint density at radius 3 is 2.13 bits per heavy atom. The number of hydrogen-bond acceptors (Lipinski definition) is 3. The van der Waals surface area contributed by atoms with Crippen LogP contribution in [-0.2, 0) is 0 Å². The number of amides is 2. The Labute approximate surface area is 147 Å². The van der Waals surface area contributed by atoms with Crippen LogP contribution >= 0.6 is 35.4 Å². The molecule has 3 rings (SSSR count). The molecule has 2 aromatic rings. The number of anilines is 1. The van der Waals surface area contributed by atoms with Crippen molar-refractivity contribution in [3.63, 3.8) is 0 Å². The second kappa shape index (κ2) is 6.16. The van der Waals surface area contributed by atoms with E-state index in [9.17, 15) is 9.59 Å². The minimum absolute atomic E-state index is 0.0814. The zero-order valence-corrected chi connectivity index (χ0v) is 13.8. The molecule has 1 heterocycles. The van der Waals surface area contributed by atoms with Gasteiger partial charge in [0.05, 0.1) is 21.2 Å². The topological polar surface area (TPSA) is 61.4 Å². The first-order valence-electron chi connectivity index (χ1n) is 6.48. The highest BCUT2D eigenvalue weighted by atomic mass is 35.5. The van der Waals surface area contributed by atoms with Crippen LogP contribution in [0.25, 0.3) is 0 Å². The van der Waals surface area contributed by atoms with Crippen LogP contribution in [0.5, 0.6) is 0 Å². The summed E-state index contributed by atoms with van der Waals surface area (Å²) in [5.74, 6) is -0.909. The van der Waals surface area contributed by atoms with Crippen LogP contribution in [0.15, 0.2) is 42.5 Å². The number of halogens is 2. The van der Waals surface area contributed by atoms with Crippen LogP contribution in [-0.4, -0.2) is 21.9 Å². The minimum Gasteiger partial charge on any atom is -0.331 e. The molecule has 116 valence electrons. The molecule has 23 heavy (non-hydrogen) atoms. The SMILES string of the molecule is O=C1c2ccccc2C(=O)N1NC(=S)Nc1ccc(Cl)c(Cl)c1. The molecule has 0 unspecified atom stereocenters. The first kappa shape index (κ1) is 15.7. The fourth-order valence-corrected chi connectivity index (χ4v) is 2.63. The lowest BCUT2D eigenvalue weighted by atomic mass is 10.1. The van der Waals surface area contributed by atoms with Gasteiger partial charge in [-0.15, -0.1) is 0 Å². The summed E-state index contributed by atoms with van der Waals surface area (Å²) in [5.41, 5.74) is 3.83. The summed E-state index contributed by atoms with van der Waals surface area (Å²) in [6.45, 7) is 0. The molecule has 2 aromatic carbocycles. The number of carbonyl (C=O) groups is 2. The zero-order chi connectivity index (χ0) is 16.6. The second-order valence-corrected chi connectivity index (χ2v) is 5.91. The average Bonchev–Trinajstić information content (AvgIpc) is 2.76. The quantitative estimate of drug-likeness (QED) is 0.629. The number of thiocarbonyl (C=S) groups is 1. The molecular weight excluding hydrogens is 357 g/mol. The number of nitrogens with zero attached hydrogens (tertiary/aromatic N) is 1. The molecule has 5 nitrogen and oxygen atoms in total. The van der Waals surface area contributed by atoms with Crippen molar-refractivity contribution in [1.82, 2.24) is 10.4 Å². The fraction of sp³-hybridized carbons (Fsp3) is 0. The molecule has 1 aliphatic rings. The smallest absolute Gasteiger partial charge is 0.280 e. The molecule has 0 saturated heterocycles. The van der Waals surface area contributed by atoms with Gasteiger partial charge in [-0.05, 0) is 42.5 Å². The summed E-state index contributed by atoms with van der Waals surface area (Å²) >= 11 is 16.9.